The van der Waals surface area contributed by atoms with Gasteiger partial charge in [-0.15, -0.1) is 0 Å². The van der Waals surface area contributed by atoms with Gasteiger partial charge in [0.2, 0.25) is 0 Å². The second-order valence-electron chi connectivity index (χ2n) is 6.57. The Bertz CT molecular complexity index is 386. The predicted octanol–water partition coefficient (Wildman–Crippen LogP) is -0.0975. The van der Waals surface area contributed by atoms with E-state index < -0.39 is 17.8 Å². The maximum atomic E-state index is 11.5. The van der Waals surface area contributed by atoms with Gasteiger partial charge in [0, 0.05) is 5.92 Å². The fraction of sp³-hybridized carbons (Fsp3) is 0.833. The minimum absolute atomic E-state index is 0.0765. The lowest BCUT2D eigenvalue weighted by molar-refractivity contribution is 0.0554. The van der Waals surface area contributed by atoms with Crippen molar-refractivity contribution >= 4 is 12.1 Å². The summed E-state index contributed by atoms with van der Waals surface area (Å²) in [5.74, 6) is 3.94. The van der Waals surface area contributed by atoms with E-state index in [0.29, 0.717) is 5.92 Å². The number of hydrogen-bond acceptors (Lipinski definition) is 4. The molecule has 3 unspecified atom stereocenters. The molecule has 0 heterocycles. The van der Waals surface area contributed by atoms with Crippen LogP contribution in [-0.2, 0) is 0 Å². The van der Waals surface area contributed by atoms with Crippen LogP contribution in [0.25, 0.3) is 0 Å². The molecule has 1 rings (SSSR count). The minimum atomic E-state index is -1.42. The van der Waals surface area contributed by atoms with Crippen molar-refractivity contribution in [2.45, 2.75) is 45.8 Å². The van der Waals surface area contributed by atoms with Gasteiger partial charge < -0.3 is 16.4 Å². The van der Waals surface area contributed by atoms with Crippen LogP contribution in [0, 0.1) is 17.3 Å². The average molecular weight is 286 g/mol. The van der Waals surface area contributed by atoms with Gasteiger partial charge in [-0.1, -0.05) is 20.8 Å². The summed E-state index contributed by atoms with van der Waals surface area (Å²) in [4.78, 5) is 22.7. The molecule has 3 atom stereocenters. The van der Waals surface area contributed by atoms with E-state index in [4.69, 9.17) is 17.3 Å². The molecule has 8 nitrogen and oxygen atoms in total. The molecule has 1 aliphatic rings. The number of carbonyl (C=O) groups excluding carboxylic acids is 2. The Morgan fingerprint density at radius 2 is 1.85 bits per heavy atom. The van der Waals surface area contributed by atoms with E-state index in [9.17, 15) is 9.59 Å². The van der Waals surface area contributed by atoms with Crippen molar-refractivity contribution in [3.8, 4) is 0 Å². The molecule has 4 amide bonds. The Hall–Kier alpha value is -1.54. The number of nitrogens with two attached hydrogens (primary N) is 3. The highest BCUT2D eigenvalue weighted by atomic mass is 16.2. The number of carbonyl (C=O) groups is 2. The molecular formula is C12H26N6O2. The van der Waals surface area contributed by atoms with E-state index in [0.717, 1.165) is 19.3 Å². The molecule has 116 valence electrons. The monoisotopic (exact) mass is 286 g/mol. The molecule has 20 heavy (non-hydrogen) atoms. The Morgan fingerprint density at radius 1 is 1.25 bits per heavy atom. The summed E-state index contributed by atoms with van der Waals surface area (Å²) in [6.45, 7) is 6.41. The van der Waals surface area contributed by atoms with Gasteiger partial charge in [0.25, 0.3) is 0 Å². The first-order valence-electron chi connectivity index (χ1n) is 6.73. The molecule has 1 saturated carbocycles. The van der Waals surface area contributed by atoms with Crippen LogP contribution in [0.5, 0.6) is 0 Å². The molecule has 0 spiro atoms. The van der Waals surface area contributed by atoms with Crippen molar-refractivity contribution in [3.05, 3.63) is 0 Å². The highest BCUT2D eigenvalue weighted by Crippen LogP contribution is 2.43. The van der Waals surface area contributed by atoms with Crippen molar-refractivity contribution < 1.29 is 9.59 Å². The zero-order valence-corrected chi connectivity index (χ0v) is 12.3. The zero-order chi connectivity index (χ0) is 15.6. The molecule has 0 aromatic carbocycles. The van der Waals surface area contributed by atoms with Crippen LogP contribution in [0.3, 0.4) is 0 Å². The highest BCUT2D eigenvalue weighted by Gasteiger charge is 2.44. The number of rotatable bonds is 3. The maximum absolute atomic E-state index is 11.5. The third kappa shape index (κ3) is 4.24. The van der Waals surface area contributed by atoms with E-state index in [-0.39, 0.29) is 11.3 Å². The Labute approximate surface area is 119 Å². The van der Waals surface area contributed by atoms with Crippen LogP contribution in [0.15, 0.2) is 0 Å². The maximum Gasteiger partial charge on any atom is 0.331 e. The van der Waals surface area contributed by atoms with E-state index in [1.807, 2.05) is 5.43 Å². The van der Waals surface area contributed by atoms with Crippen molar-refractivity contribution in [2.75, 3.05) is 0 Å². The molecule has 0 saturated heterocycles. The SMILES string of the molecule is CC1CC(C(N)(NC(N)=O)NC(=O)NN)CC(C)(C)C1. The first-order chi connectivity index (χ1) is 9.08. The largest absolute Gasteiger partial charge is 0.352 e. The molecule has 0 aromatic rings. The topological polar surface area (TPSA) is 148 Å². The van der Waals surface area contributed by atoms with Crippen LogP contribution in [-0.4, -0.2) is 17.8 Å². The van der Waals surface area contributed by atoms with E-state index in [1.165, 1.54) is 0 Å². The second-order valence-corrected chi connectivity index (χ2v) is 6.57. The van der Waals surface area contributed by atoms with Gasteiger partial charge in [0.05, 0.1) is 0 Å². The number of primary amides is 1. The third-order valence-corrected chi connectivity index (χ3v) is 3.81. The van der Waals surface area contributed by atoms with Gasteiger partial charge in [0.15, 0.2) is 5.79 Å². The summed E-state index contributed by atoms with van der Waals surface area (Å²) in [5.41, 5.74) is 13.4. The molecule has 0 bridgehead atoms. The van der Waals surface area contributed by atoms with Crippen LogP contribution >= 0.6 is 0 Å². The first kappa shape index (κ1) is 16.5. The number of nitrogens with one attached hydrogen (secondary N) is 3. The standard InChI is InChI=1S/C12H26N6O2/c1-7-4-8(6-11(2,3)5-7)12(14,16-9(13)19)17-10(20)18-15/h7-8H,4-6,14-15H2,1-3H3,(H3,13,16,19)(H2,17,18,20). The number of hydrogen-bond donors (Lipinski definition) is 6. The van der Waals surface area contributed by atoms with Gasteiger partial charge in [-0.05, 0) is 30.6 Å². The van der Waals surface area contributed by atoms with Crippen molar-refractivity contribution in [1.82, 2.24) is 16.1 Å². The fourth-order valence-electron chi connectivity index (χ4n) is 3.36. The van der Waals surface area contributed by atoms with Gasteiger partial charge >= 0.3 is 12.1 Å². The fourth-order valence-corrected chi connectivity index (χ4v) is 3.36. The number of amides is 4. The molecule has 0 aromatic heterocycles. The van der Waals surface area contributed by atoms with E-state index in [2.05, 4.69) is 31.4 Å². The molecule has 1 fully saturated rings. The molecule has 0 aliphatic heterocycles. The van der Waals surface area contributed by atoms with Crippen LogP contribution in [0.4, 0.5) is 9.59 Å². The summed E-state index contributed by atoms with van der Waals surface area (Å²) in [6.07, 6.45) is 2.61. The smallest absolute Gasteiger partial charge is 0.331 e. The van der Waals surface area contributed by atoms with Gasteiger partial charge in [-0.2, -0.15) is 0 Å². The summed E-state index contributed by atoms with van der Waals surface area (Å²) in [7, 11) is 0. The predicted molar refractivity (Wildman–Crippen MR) is 75.8 cm³/mol. The zero-order valence-electron chi connectivity index (χ0n) is 12.3. The number of hydrazine groups is 1. The molecule has 8 heteroatoms. The molecule has 1 aliphatic carbocycles. The Balaban J connectivity index is 2.97. The second kappa shape index (κ2) is 5.84. The molecule has 0 radical (unpaired) electrons. The Morgan fingerprint density at radius 3 is 2.30 bits per heavy atom. The van der Waals surface area contributed by atoms with E-state index >= 15 is 0 Å². The third-order valence-electron chi connectivity index (χ3n) is 3.81. The van der Waals surface area contributed by atoms with Gasteiger partial charge in [0.1, 0.15) is 0 Å². The molecular weight excluding hydrogens is 260 g/mol. The van der Waals surface area contributed by atoms with Crippen LogP contribution in [0.1, 0.15) is 40.0 Å². The first-order valence-corrected chi connectivity index (χ1v) is 6.73. The summed E-state index contributed by atoms with van der Waals surface area (Å²) < 4.78 is 0. The average Bonchev–Trinajstić information content (AvgIpc) is 2.24. The summed E-state index contributed by atoms with van der Waals surface area (Å²) in [6, 6.07) is -1.46. The van der Waals surface area contributed by atoms with Crippen molar-refractivity contribution in [1.29, 1.82) is 0 Å². The van der Waals surface area contributed by atoms with Gasteiger partial charge in [-0.3, -0.25) is 11.2 Å². The van der Waals surface area contributed by atoms with E-state index in [1.54, 1.807) is 0 Å². The molecule has 9 N–H and O–H groups in total. The summed E-state index contributed by atoms with van der Waals surface area (Å²) >= 11 is 0. The van der Waals surface area contributed by atoms with Crippen LogP contribution < -0.4 is 33.4 Å². The minimum Gasteiger partial charge on any atom is -0.352 e. The lowest BCUT2D eigenvalue weighted by Crippen LogP contribution is -2.73. The Kier molecular flexibility index (Phi) is 4.82. The quantitative estimate of drug-likeness (QED) is 0.186. The lowest BCUT2D eigenvalue weighted by Gasteiger charge is -2.46. The van der Waals surface area contributed by atoms with Crippen LogP contribution in [0.2, 0.25) is 0 Å². The highest BCUT2D eigenvalue weighted by molar-refractivity contribution is 5.77. The van der Waals surface area contributed by atoms with Gasteiger partial charge in [-0.25, -0.2) is 15.4 Å². The van der Waals surface area contributed by atoms with Crippen molar-refractivity contribution in [3.63, 3.8) is 0 Å². The normalized spacial score (nSPS) is 28.1. The lowest BCUT2D eigenvalue weighted by atomic mass is 9.66. The number of urea groups is 2. The van der Waals surface area contributed by atoms with Crippen molar-refractivity contribution in [2.24, 2.45) is 34.6 Å². The summed E-state index contributed by atoms with van der Waals surface area (Å²) in [5, 5.41) is 4.93.